The number of rotatable bonds is 4. The molecule has 0 bridgehead atoms. The number of nitrogens with one attached hydrogen (secondary N) is 1. The van der Waals surface area contributed by atoms with Crippen molar-refractivity contribution in [2.24, 2.45) is 0 Å². The molecular formula is C13H21N3O3S. The van der Waals surface area contributed by atoms with E-state index >= 15 is 0 Å². The quantitative estimate of drug-likeness (QED) is 0.803. The molecule has 1 heterocycles. The molecule has 112 valence electrons. The zero-order valence-electron chi connectivity index (χ0n) is 11.8. The Hall–Kier alpha value is -1.31. The van der Waals surface area contributed by atoms with Crippen LogP contribution in [0.15, 0.2) is 23.1 Å². The maximum Gasteiger partial charge on any atom is 0.240 e. The monoisotopic (exact) mass is 299 g/mol. The molecule has 1 unspecified atom stereocenters. The molecule has 1 aliphatic rings. The summed E-state index contributed by atoms with van der Waals surface area (Å²) in [4.78, 5) is 2.30. The SMILES string of the molecule is CCNS(=O)(=O)c1ccc(N)c(N2CCOC(C)C2)c1. The van der Waals surface area contributed by atoms with E-state index in [9.17, 15) is 8.42 Å². The molecule has 6 nitrogen and oxygen atoms in total. The summed E-state index contributed by atoms with van der Waals surface area (Å²) < 4.78 is 32.1. The molecule has 1 atom stereocenters. The molecule has 0 aromatic heterocycles. The topological polar surface area (TPSA) is 84.7 Å². The smallest absolute Gasteiger partial charge is 0.240 e. The van der Waals surface area contributed by atoms with E-state index in [0.29, 0.717) is 31.9 Å². The molecule has 3 N–H and O–H groups in total. The van der Waals surface area contributed by atoms with Crippen molar-refractivity contribution in [3.8, 4) is 0 Å². The first-order valence-corrected chi connectivity index (χ1v) is 8.18. The van der Waals surface area contributed by atoms with Crippen LogP contribution < -0.4 is 15.4 Å². The molecule has 1 aromatic rings. The van der Waals surface area contributed by atoms with Gasteiger partial charge in [0.1, 0.15) is 0 Å². The van der Waals surface area contributed by atoms with E-state index in [1.165, 1.54) is 6.07 Å². The van der Waals surface area contributed by atoms with E-state index in [1.54, 1.807) is 19.1 Å². The van der Waals surface area contributed by atoms with Crippen molar-refractivity contribution in [2.75, 3.05) is 36.9 Å². The maximum absolute atomic E-state index is 12.0. The van der Waals surface area contributed by atoms with E-state index in [1.807, 2.05) is 6.92 Å². The molecule has 2 rings (SSSR count). The van der Waals surface area contributed by atoms with Gasteiger partial charge in [0.15, 0.2) is 0 Å². The summed E-state index contributed by atoms with van der Waals surface area (Å²) in [7, 11) is -3.47. The van der Waals surface area contributed by atoms with Gasteiger partial charge < -0.3 is 15.4 Å². The second-order valence-electron chi connectivity index (χ2n) is 4.85. The minimum atomic E-state index is -3.47. The Bertz CT molecular complexity index is 574. The number of nitrogen functional groups attached to an aromatic ring is 1. The van der Waals surface area contributed by atoms with Crippen LogP contribution in [0.5, 0.6) is 0 Å². The highest BCUT2D eigenvalue weighted by Crippen LogP contribution is 2.28. The van der Waals surface area contributed by atoms with Gasteiger partial charge in [-0.15, -0.1) is 0 Å². The molecule has 0 saturated carbocycles. The van der Waals surface area contributed by atoms with Crippen LogP contribution in [-0.2, 0) is 14.8 Å². The Morgan fingerprint density at radius 3 is 2.90 bits per heavy atom. The van der Waals surface area contributed by atoms with Gasteiger partial charge >= 0.3 is 0 Å². The van der Waals surface area contributed by atoms with Crippen molar-refractivity contribution in [3.05, 3.63) is 18.2 Å². The third-order valence-electron chi connectivity index (χ3n) is 3.23. The van der Waals surface area contributed by atoms with Gasteiger partial charge in [-0.1, -0.05) is 6.92 Å². The molecule has 0 amide bonds. The number of hydrogen-bond donors (Lipinski definition) is 2. The zero-order chi connectivity index (χ0) is 14.8. The van der Waals surface area contributed by atoms with Crippen LogP contribution in [0.3, 0.4) is 0 Å². The molecule has 0 spiro atoms. The summed E-state index contributed by atoms with van der Waals surface area (Å²) in [6.07, 6.45) is 0.109. The van der Waals surface area contributed by atoms with Crippen LogP contribution in [0.2, 0.25) is 0 Å². The van der Waals surface area contributed by atoms with Crippen LogP contribution in [0.4, 0.5) is 11.4 Å². The highest BCUT2D eigenvalue weighted by Gasteiger charge is 2.21. The molecule has 0 radical (unpaired) electrons. The molecule has 20 heavy (non-hydrogen) atoms. The molecule has 0 aliphatic carbocycles. The number of ether oxygens (including phenoxy) is 1. The summed E-state index contributed by atoms with van der Waals surface area (Å²) in [5, 5.41) is 0. The summed E-state index contributed by atoms with van der Waals surface area (Å²) in [6.45, 7) is 6.12. The van der Waals surface area contributed by atoms with E-state index < -0.39 is 10.0 Å². The number of morpholine rings is 1. The summed E-state index contributed by atoms with van der Waals surface area (Å²) in [5.41, 5.74) is 7.31. The van der Waals surface area contributed by atoms with E-state index in [4.69, 9.17) is 10.5 Å². The van der Waals surface area contributed by atoms with Crippen molar-refractivity contribution in [1.29, 1.82) is 0 Å². The Labute approximate surface area is 120 Å². The normalized spacial score (nSPS) is 20.1. The fourth-order valence-electron chi connectivity index (χ4n) is 2.28. The Morgan fingerprint density at radius 2 is 2.25 bits per heavy atom. The second kappa shape index (κ2) is 5.99. The fourth-order valence-corrected chi connectivity index (χ4v) is 3.34. The lowest BCUT2D eigenvalue weighted by Crippen LogP contribution is -2.41. The van der Waals surface area contributed by atoms with E-state index in [2.05, 4.69) is 9.62 Å². The van der Waals surface area contributed by atoms with Crippen molar-refractivity contribution >= 4 is 21.4 Å². The van der Waals surface area contributed by atoms with Crippen LogP contribution >= 0.6 is 0 Å². The predicted molar refractivity (Wildman–Crippen MR) is 79.3 cm³/mol. The third kappa shape index (κ3) is 3.23. The van der Waals surface area contributed by atoms with Crippen LogP contribution in [-0.4, -0.2) is 40.8 Å². The molecule has 7 heteroatoms. The standard InChI is InChI=1S/C13H21N3O3S/c1-3-15-20(17,18)11-4-5-12(14)13(8-11)16-6-7-19-10(2)9-16/h4-5,8,10,15H,3,6-7,9,14H2,1-2H3. The zero-order valence-corrected chi connectivity index (χ0v) is 12.6. The summed E-state index contributed by atoms with van der Waals surface area (Å²) in [5.74, 6) is 0. The molecule has 1 fully saturated rings. The van der Waals surface area contributed by atoms with Crippen molar-refractivity contribution in [1.82, 2.24) is 4.72 Å². The van der Waals surface area contributed by atoms with Crippen molar-refractivity contribution < 1.29 is 13.2 Å². The molecular weight excluding hydrogens is 278 g/mol. The molecule has 1 aromatic carbocycles. The lowest BCUT2D eigenvalue weighted by atomic mass is 10.2. The van der Waals surface area contributed by atoms with Gasteiger partial charge in [-0.3, -0.25) is 0 Å². The first-order valence-electron chi connectivity index (χ1n) is 6.69. The summed E-state index contributed by atoms with van der Waals surface area (Å²) >= 11 is 0. The number of sulfonamides is 1. The first-order chi connectivity index (χ1) is 9.44. The van der Waals surface area contributed by atoms with E-state index in [-0.39, 0.29) is 11.0 Å². The number of nitrogens with zero attached hydrogens (tertiary/aromatic N) is 1. The molecule has 1 aliphatic heterocycles. The predicted octanol–water partition coefficient (Wildman–Crippen LogP) is 0.792. The number of anilines is 2. The van der Waals surface area contributed by atoms with Gasteiger partial charge in [0, 0.05) is 19.6 Å². The lowest BCUT2D eigenvalue weighted by molar-refractivity contribution is 0.0532. The van der Waals surface area contributed by atoms with Gasteiger partial charge in [0.25, 0.3) is 0 Å². The van der Waals surface area contributed by atoms with E-state index in [0.717, 1.165) is 5.69 Å². The Morgan fingerprint density at radius 1 is 1.50 bits per heavy atom. The average molecular weight is 299 g/mol. The first kappa shape index (κ1) is 15.1. The molecule has 1 saturated heterocycles. The average Bonchev–Trinajstić information content (AvgIpc) is 2.39. The highest BCUT2D eigenvalue weighted by atomic mass is 32.2. The van der Waals surface area contributed by atoms with Gasteiger partial charge in [0.2, 0.25) is 10.0 Å². The van der Waals surface area contributed by atoms with Crippen LogP contribution in [0.1, 0.15) is 13.8 Å². The van der Waals surface area contributed by atoms with Gasteiger partial charge in [-0.2, -0.15) is 0 Å². The van der Waals surface area contributed by atoms with Crippen molar-refractivity contribution in [3.63, 3.8) is 0 Å². The lowest BCUT2D eigenvalue weighted by Gasteiger charge is -2.33. The second-order valence-corrected chi connectivity index (χ2v) is 6.62. The van der Waals surface area contributed by atoms with Gasteiger partial charge in [-0.05, 0) is 25.1 Å². The van der Waals surface area contributed by atoms with Crippen LogP contribution in [0, 0.1) is 0 Å². The van der Waals surface area contributed by atoms with Crippen LogP contribution in [0.25, 0.3) is 0 Å². The maximum atomic E-state index is 12.0. The Balaban J connectivity index is 2.34. The largest absolute Gasteiger partial charge is 0.397 e. The number of benzene rings is 1. The summed E-state index contributed by atoms with van der Waals surface area (Å²) in [6, 6.07) is 4.80. The minimum Gasteiger partial charge on any atom is -0.397 e. The van der Waals surface area contributed by atoms with Gasteiger partial charge in [0.05, 0.1) is 29.0 Å². The highest BCUT2D eigenvalue weighted by molar-refractivity contribution is 7.89. The number of nitrogens with two attached hydrogens (primary N) is 1. The third-order valence-corrected chi connectivity index (χ3v) is 4.77. The fraction of sp³-hybridized carbons (Fsp3) is 0.538. The minimum absolute atomic E-state index is 0.109. The number of hydrogen-bond acceptors (Lipinski definition) is 5. The van der Waals surface area contributed by atoms with Crippen molar-refractivity contribution in [2.45, 2.75) is 24.8 Å². The van der Waals surface area contributed by atoms with Gasteiger partial charge in [-0.25, -0.2) is 13.1 Å². The Kier molecular flexibility index (Phi) is 4.52.